The molecule has 3 rings (SSSR count). The minimum atomic E-state index is -1.19. The number of benzene rings is 2. The van der Waals surface area contributed by atoms with Crippen molar-refractivity contribution < 1.29 is 24.2 Å². The number of likely N-dealkylation sites (tertiary alicyclic amines) is 1. The first-order chi connectivity index (χ1) is 15.8. The molecule has 0 aliphatic carbocycles. The Balaban J connectivity index is 1.76. The van der Waals surface area contributed by atoms with Crippen LogP contribution in [0.1, 0.15) is 56.8 Å². The molecule has 1 amide bonds. The number of aliphatic hydroxyl groups excluding tert-OH is 1. The van der Waals surface area contributed by atoms with Crippen molar-refractivity contribution in [3.8, 4) is 0 Å². The highest BCUT2D eigenvalue weighted by Gasteiger charge is 2.41. The number of hydrogen-bond acceptors (Lipinski definition) is 5. The van der Waals surface area contributed by atoms with E-state index in [9.17, 15) is 19.5 Å². The van der Waals surface area contributed by atoms with Crippen LogP contribution in [-0.4, -0.2) is 46.9 Å². The van der Waals surface area contributed by atoms with E-state index in [0.717, 1.165) is 30.4 Å². The van der Waals surface area contributed by atoms with E-state index in [1.54, 1.807) is 0 Å². The van der Waals surface area contributed by atoms with Crippen LogP contribution in [0.15, 0.2) is 60.7 Å². The lowest BCUT2D eigenvalue weighted by molar-refractivity contribution is -0.165. The minimum Gasteiger partial charge on any atom is -0.456 e. The molecule has 0 bridgehead atoms. The average Bonchev–Trinajstić information content (AvgIpc) is 2.86. The molecule has 1 aliphatic rings. The molecule has 0 aromatic heterocycles. The summed E-state index contributed by atoms with van der Waals surface area (Å²) in [5.41, 5.74) is 0.861. The highest BCUT2D eigenvalue weighted by Crippen LogP contribution is 2.28. The summed E-state index contributed by atoms with van der Waals surface area (Å²) in [4.78, 5) is 40.2. The number of aliphatic hydroxyl groups is 1. The Bertz CT molecular complexity index is 941. The smallest absolute Gasteiger partial charge is 0.329 e. The number of nitrogens with zero attached hydrogens (tertiary/aromatic N) is 1. The largest absolute Gasteiger partial charge is 0.456 e. The number of carbonyl (C=O) groups is 3. The number of ketones is 1. The van der Waals surface area contributed by atoms with Crippen molar-refractivity contribution in [1.29, 1.82) is 0 Å². The van der Waals surface area contributed by atoms with E-state index in [4.69, 9.17) is 4.74 Å². The third-order valence-corrected chi connectivity index (χ3v) is 6.21. The molecule has 1 heterocycles. The van der Waals surface area contributed by atoms with Crippen LogP contribution in [0.3, 0.4) is 0 Å². The Morgan fingerprint density at radius 3 is 2.30 bits per heavy atom. The predicted octanol–water partition coefficient (Wildman–Crippen LogP) is 3.87. The van der Waals surface area contributed by atoms with Crippen molar-refractivity contribution in [2.75, 3.05) is 13.2 Å². The molecule has 0 spiro atoms. The minimum absolute atomic E-state index is 0.325. The predicted molar refractivity (Wildman–Crippen MR) is 125 cm³/mol. The zero-order valence-electron chi connectivity index (χ0n) is 19.4. The molecule has 1 aliphatic heterocycles. The molecule has 0 saturated carbocycles. The zero-order valence-corrected chi connectivity index (χ0v) is 19.4. The molecule has 2 atom stereocenters. The van der Waals surface area contributed by atoms with E-state index in [2.05, 4.69) is 0 Å². The van der Waals surface area contributed by atoms with Crippen LogP contribution < -0.4 is 0 Å². The molecular weight excluding hydrogens is 418 g/mol. The Kier molecular flexibility index (Phi) is 8.39. The summed E-state index contributed by atoms with van der Waals surface area (Å²) in [6.45, 7) is 2.95. The van der Waals surface area contributed by atoms with Gasteiger partial charge in [0.05, 0.1) is 12.0 Å². The summed E-state index contributed by atoms with van der Waals surface area (Å²) in [5.74, 6) is -1.90. The summed E-state index contributed by atoms with van der Waals surface area (Å²) >= 11 is 0. The molecule has 1 saturated heterocycles. The van der Waals surface area contributed by atoms with Crippen molar-refractivity contribution in [2.24, 2.45) is 5.41 Å². The number of esters is 1. The lowest BCUT2D eigenvalue weighted by atomic mass is 9.87. The maximum absolute atomic E-state index is 13.3. The normalized spacial score (nSPS) is 17.3. The van der Waals surface area contributed by atoms with Gasteiger partial charge in [-0.2, -0.15) is 0 Å². The van der Waals surface area contributed by atoms with Gasteiger partial charge in [0.2, 0.25) is 5.78 Å². The van der Waals surface area contributed by atoms with Crippen LogP contribution in [0.5, 0.6) is 0 Å². The number of aryl methyl sites for hydroxylation is 1. The van der Waals surface area contributed by atoms with E-state index in [1.165, 1.54) is 18.7 Å². The van der Waals surface area contributed by atoms with Gasteiger partial charge in [-0.1, -0.05) is 74.5 Å². The summed E-state index contributed by atoms with van der Waals surface area (Å²) in [6.07, 6.45) is 2.85. The first-order valence-electron chi connectivity index (χ1n) is 11.6. The third-order valence-electron chi connectivity index (χ3n) is 6.21. The quantitative estimate of drug-likeness (QED) is 0.462. The molecular formula is C27H33NO5. The summed E-state index contributed by atoms with van der Waals surface area (Å²) in [7, 11) is 0. The molecule has 6 heteroatoms. The first kappa shape index (κ1) is 24.6. The average molecular weight is 452 g/mol. The van der Waals surface area contributed by atoms with Crippen molar-refractivity contribution in [3.05, 3.63) is 71.8 Å². The van der Waals surface area contributed by atoms with Crippen LogP contribution >= 0.6 is 0 Å². The SMILES string of the molecule is CC(C)(CO)C(=O)C(=O)N1CCCC[C@H]1C(=O)OC(CCc1ccccc1)c1ccccc1. The Labute approximate surface area is 195 Å². The number of hydrogen-bond donors (Lipinski definition) is 1. The van der Waals surface area contributed by atoms with Crippen LogP contribution in [-0.2, 0) is 25.5 Å². The summed E-state index contributed by atoms with van der Waals surface area (Å²) in [5, 5.41) is 9.50. The van der Waals surface area contributed by atoms with E-state index >= 15 is 0 Å². The van der Waals surface area contributed by atoms with Gasteiger partial charge in [0.25, 0.3) is 5.91 Å². The second-order valence-electron chi connectivity index (χ2n) is 9.24. The van der Waals surface area contributed by atoms with Gasteiger partial charge in [-0.05, 0) is 43.2 Å². The number of amides is 1. The number of Topliss-reactive ketones (excluding diaryl/α,β-unsaturated/α-hetero) is 1. The van der Waals surface area contributed by atoms with Crippen LogP contribution in [0.2, 0.25) is 0 Å². The van der Waals surface area contributed by atoms with E-state index in [-0.39, 0.29) is 0 Å². The topological polar surface area (TPSA) is 83.9 Å². The Morgan fingerprint density at radius 2 is 1.67 bits per heavy atom. The first-order valence-corrected chi connectivity index (χ1v) is 11.6. The van der Waals surface area contributed by atoms with E-state index in [1.807, 2.05) is 60.7 Å². The second kappa shape index (κ2) is 11.2. The number of ether oxygens (including phenoxy) is 1. The molecule has 33 heavy (non-hydrogen) atoms. The fraction of sp³-hybridized carbons (Fsp3) is 0.444. The van der Waals surface area contributed by atoms with Gasteiger partial charge in [0, 0.05) is 6.54 Å². The van der Waals surface area contributed by atoms with Crippen LogP contribution in [0.25, 0.3) is 0 Å². The van der Waals surface area contributed by atoms with Crippen molar-refractivity contribution in [1.82, 2.24) is 4.90 Å². The number of rotatable bonds is 9. The number of carbonyl (C=O) groups excluding carboxylic acids is 3. The van der Waals surface area contributed by atoms with E-state index < -0.39 is 41.8 Å². The molecule has 1 unspecified atom stereocenters. The fourth-order valence-corrected chi connectivity index (χ4v) is 4.03. The second-order valence-corrected chi connectivity index (χ2v) is 9.24. The summed E-state index contributed by atoms with van der Waals surface area (Å²) in [6, 6.07) is 18.8. The van der Waals surface area contributed by atoms with E-state index in [0.29, 0.717) is 19.4 Å². The van der Waals surface area contributed by atoms with Gasteiger partial charge >= 0.3 is 5.97 Å². The van der Waals surface area contributed by atoms with Gasteiger partial charge in [-0.15, -0.1) is 0 Å². The van der Waals surface area contributed by atoms with Gasteiger partial charge in [-0.25, -0.2) is 4.79 Å². The summed E-state index contributed by atoms with van der Waals surface area (Å²) < 4.78 is 5.98. The highest BCUT2D eigenvalue weighted by molar-refractivity contribution is 6.38. The molecule has 1 N–H and O–H groups in total. The monoisotopic (exact) mass is 451 g/mol. The van der Waals surface area contributed by atoms with Gasteiger partial charge in [-0.3, -0.25) is 9.59 Å². The fourth-order valence-electron chi connectivity index (χ4n) is 4.03. The molecule has 2 aromatic carbocycles. The van der Waals surface area contributed by atoms with Crippen LogP contribution in [0.4, 0.5) is 0 Å². The van der Waals surface area contributed by atoms with Crippen molar-refractivity contribution in [3.63, 3.8) is 0 Å². The number of piperidine rings is 1. The molecule has 2 aromatic rings. The lowest BCUT2D eigenvalue weighted by Gasteiger charge is -2.36. The third kappa shape index (κ3) is 6.29. The van der Waals surface area contributed by atoms with Gasteiger partial charge < -0.3 is 14.7 Å². The van der Waals surface area contributed by atoms with Crippen molar-refractivity contribution >= 4 is 17.7 Å². The lowest BCUT2D eigenvalue weighted by Crippen LogP contribution is -2.53. The van der Waals surface area contributed by atoms with Crippen LogP contribution in [0, 0.1) is 5.41 Å². The molecule has 6 nitrogen and oxygen atoms in total. The standard InChI is InChI=1S/C27H33NO5/c1-27(2,19-29)24(30)25(31)28-18-10-9-15-22(28)26(32)33-23(21-13-7-4-8-14-21)17-16-20-11-5-3-6-12-20/h3-8,11-14,22-23,29H,9-10,15-19H2,1-2H3/t22-,23?/m0/s1. The van der Waals surface area contributed by atoms with Gasteiger partial charge in [0.15, 0.2) is 0 Å². The maximum atomic E-state index is 13.3. The maximum Gasteiger partial charge on any atom is 0.329 e. The molecule has 0 radical (unpaired) electrons. The van der Waals surface area contributed by atoms with Crippen molar-refractivity contribution in [2.45, 2.75) is 58.1 Å². The Hall–Kier alpha value is -2.99. The molecule has 1 fully saturated rings. The van der Waals surface area contributed by atoms with Gasteiger partial charge in [0.1, 0.15) is 12.1 Å². The Morgan fingerprint density at radius 1 is 1.03 bits per heavy atom. The molecule has 176 valence electrons. The zero-order chi connectivity index (χ0) is 23.8. The highest BCUT2D eigenvalue weighted by atomic mass is 16.5.